The zero-order valence-corrected chi connectivity index (χ0v) is 12.6. The molecule has 1 atom stereocenters. The molecule has 2 aromatic carbocycles. The second kappa shape index (κ2) is 6.78. The van der Waals surface area contributed by atoms with E-state index in [0.29, 0.717) is 21.5 Å². The van der Waals surface area contributed by atoms with Gasteiger partial charge in [-0.1, -0.05) is 23.2 Å². The molecule has 2 rings (SSSR count). The third kappa shape index (κ3) is 4.34. The quantitative estimate of drug-likeness (QED) is 0.895. The molecule has 1 N–H and O–H groups in total. The van der Waals surface area contributed by atoms with Gasteiger partial charge in [0, 0.05) is 5.02 Å². The van der Waals surface area contributed by atoms with E-state index in [1.807, 2.05) is 0 Å². The highest BCUT2D eigenvalue weighted by atomic mass is 35.5. The molecule has 0 unspecified atom stereocenters. The van der Waals surface area contributed by atoms with Crippen molar-refractivity contribution in [3.8, 4) is 5.75 Å². The van der Waals surface area contributed by atoms with Gasteiger partial charge in [0.15, 0.2) is 6.10 Å². The van der Waals surface area contributed by atoms with E-state index in [4.69, 9.17) is 27.9 Å². The van der Waals surface area contributed by atoms with E-state index in [0.717, 1.165) is 0 Å². The molecule has 0 saturated carbocycles. The van der Waals surface area contributed by atoms with Gasteiger partial charge in [-0.05, 0) is 49.4 Å². The predicted molar refractivity (Wildman–Crippen MR) is 81.6 cm³/mol. The fraction of sp³-hybridized carbons (Fsp3) is 0.133. The number of hydrogen-bond donors (Lipinski definition) is 1. The lowest BCUT2D eigenvalue weighted by Gasteiger charge is -2.15. The highest BCUT2D eigenvalue weighted by Gasteiger charge is 2.16. The summed E-state index contributed by atoms with van der Waals surface area (Å²) in [6.07, 6.45) is -0.762. The van der Waals surface area contributed by atoms with Crippen LogP contribution < -0.4 is 10.1 Å². The van der Waals surface area contributed by atoms with Crippen molar-refractivity contribution in [1.82, 2.24) is 0 Å². The average Bonchev–Trinajstić information content (AvgIpc) is 2.44. The van der Waals surface area contributed by atoms with Crippen LogP contribution in [-0.2, 0) is 4.79 Å². The molecule has 0 aliphatic rings. The van der Waals surface area contributed by atoms with Crippen molar-refractivity contribution in [3.05, 3.63) is 58.3 Å². The Hall–Kier alpha value is -1.78. The summed E-state index contributed by atoms with van der Waals surface area (Å²) in [7, 11) is 0. The molecule has 0 aliphatic heterocycles. The van der Waals surface area contributed by atoms with Crippen molar-refractivity contribution in [3.63, 3.8) is 0 Å². The number of carbonyl (C=O) groups excluding carboxylic acids is 1. The van der Waals surface area contributed by atoms with Crippen LogP contribution in [0, 0.1) is 5.82 Å². The van der Waals surface area contributed by atoms with E-state index in [1.165, 1.54) is 30.3 Å². The molecule has 0 heterocycles. The lowest BCUT2D eigenvalue weighted by molar-refractivity contribution is -0.122. The second-order valence-electron chi connectivity index (χ2n) is 4.33. The molecule has 6 heteroatoms. The first-order valence-electron chi connectivity index (χ1n) is 6.14. The second-order valence-corrected chi connectivity index (χ2v) is 5.17. The van der Waals surface area contributed by atoms with Crippen LogP contribution in [0.5, 0.6) is 5.75 Å². The van der Waals surface area contributed by atoms with E-state index in [2.05, 4.69) is 5.32 Å². The van der Waals surface area contributed by atoms with Gasteiger partial charge in [-0.25, -0.2) is 4.39 Å². The topological polar surface area (TPSA) is 38.3 Å². The Balaban J connectivity index is 2.00. The maximum Gasteiger partial charge on any atom is 0.265 e. The summed E-state index contributed by atoms with van der Waals surface area (Å²) >= 11 is 11.8. The molecule has 0 fully saturated rings. The first-order valence-corrected chi connectivity index (χ1v) is 6.89. The number of carbonyl (C=O) groups is 1. The number of nitrogens with one attached hydrogen (secondary N) is 1. The predicted octanol–water partition coefficient (Wildman–Crippen LogP) is 4.54. The van der Waals surface area contributed by atoms with Crippen molar-refractivity contribution in [2.24, 2.45) is 0 Å². The lowest BCUT2D eigenvalue weighted by atomic mass is 10.3. The van der Waals surface area contributed by atoms with E-state index >= 15 is 0 Å². The molecule has 0 bridgehead atoms. The Bertz CT molecular complexity index is 647. The highest BCUT2D eigenvalue weighted by molar-refractivity contribution is 6.36. The number of benzene rings is 2. The Labute approximate surface area is 131 Å². The average molecular weight is 328 g/mol. The zero-order chi connectivity index (χ0) is 15.4. The van der Waals surface area contributed by atoms with Gasteiger partial charge in [-0.15, -0.1) is 0 Å². The summed E-state index contributed by atoms with van der Waals surface area (Å²) in [6, 6.07) is 10.2. The summed E-state index contributed by atoms with van der Waals surface area (Å²) in [5.41, 5.74) is 0.445. The smallest absolute Gasteiger partial charge is 0.265 e. The normalized spacial score (nSPS) is 11.8. The van der Waals surface area contributed by atoms with Gasteiger partial charge in [-0.2, -0.15) is 0 Å². The summed E-state index contributed by atoms with van der Waals surface area (Å²) < 4.78 is 18.2. The largest absolute Gasteiger partial charge is 0.481 e. The summed E-state index contributed by atoms with van der Waals surface area (Å²) in [4.78, 5) is 12.0. The van der Waals surface area contributed by atoms with Gasteiger partial charge in [-0.3, -0.25) is 4.79 Å². The first-order chi connectivity index (χ1) is 9.95. The molecule has 1 amide bonds. The number of hydrogen-bond acceptors (Lipinski definition) is 2. The van der Waals surface area contributed by atoms with E-state index in [1.54, 1.807) is 19.1 Å². The molecule has 3 nitrogen and oxygen atoms in total. The number of amides is 1. The molecule has 0 aromatic heterocycles. The van der Waals surface area contributed by atoms with Crippen molar-refractivity contribution in [1.29, 1.82) is 0 Å². The molecule has 2 aromatic rings. The minimum Gasteiger partial charge on any atom is -0.481 e. The first kappa shape index (κ1) is 15.6. The Kier molecular flexibility index (Phi) is 5.04. The van der Waals surface area contributed by atoms with Crippen molar-refractivity contribution in [2.75, 3.05) is 5.32 Å². The fourth-order valence-corrected chi connectivity index (χ4v) is 2.05. The standard InChI is InChI=1S/C15H12Cl2FNO2/c1-9(21-12-5-3-11(18)4-6-12)15(20)19-14-7-2-10(16)8-13(14)17/h2-9H,1H3,(H,19,20)/t9-/m0/s1. The molecule has 0 aliphatic carbocycles. The molecule has 0 saturated heterocycles. The summed E-state index contributed by atoms with van der Waals surface area (Å²) in [6.45, 7) is 1.59. The van der Waals surface area contributed by atoms with E-state index < -0.39 is 6.10 Å². The van der Waals surface area contributed by atoms with Gasteiger partial charge >= 0.3 is 0 Å². The Morgan fingerprint density at radius 2 is 1.86 bits per heavy atom. The molecule has 21 heavy (non-hydrogen) atoms. The highest BCUT2D eigenvalue weighted by Crippen LogP contribution is 2.25. The van der Waals surface area contributed by atoms with Crippen LogP contribution in [0.15, 0.2) is 42.5 Å². The van der Waals surface area contributed by atoms with Gasteiger partial charge in [0.05, 0.1) is 10.7 Å². The maximum atomic E-state index is 12.8. The van der Waals surface area contributed by atoms with E-state index in [-0.39, 0.29) is 11.7 Å². The van der Waals surface area contributed by atoms with Gasteiger partial charge in [0.1, 0.15) is 11.6 Å². The van der Waals surface area contributed by atoms with Crippen LogP contribution in [-0.4, -0.2) is 12.0 Å². The lowest BCUT2D eigenvalue weighted by Crippen LogP contribution is -2.30. The van der Waals surface area contributed by atoms with Crippen LogP contribution in [0.3, 0.4) is 0 Å². The fourth-order valence-electron chi connectivity index (χ4n) is 1.60. The number of rotatable bonds is 4. The van der Waals surface area contributed by atoms with Crippen LogP contribution in [0.25, 0.3) is 0 Å². The van der Waals surface area contributed by atoms with Gasteiger partial charge in [0.25, 0.3) is 5.91 Å². The monoisotopic (exact) mass is 327 g/mol. The van der Waals surface area contributed by atoms with Crippen molar-refractivity contribution in [2.45, 2.75) is 13.0 Å². The third-order valence-corrected chi connectivity index (χ3v) is 3.23. The van der Waals surface area contributed by atoms with Gasteiger partial charge in [0.2, 0.25) is 0 Å². The van der Waals surface area contributed by atoms with Crippen molar-refractivity contribution >= 4 is 34.8 Å². The summed E-state index contributed by atoms with van der Waals surface area (Å²) in [5.74, 6) is -0.336. The third-order valence-electron chi connectivity index (χ3n) is 2.68. The Morgan fingerprint density at radius 1 is 1.19 bits per heavy atom. The van der Waals surface area contributed by atoms with Crippen LogP contribution >= 0.6 is 23.2 Å². The molecule has 0 spiro atoms. The number of halogens is 3. The van der Waals surface area contributed by atoms with Crippen LogP contribution in [0.2, 0.25) is 10.0 Å². The van der Waals surface area contributed by atoms with Gasteiger partial charge < -0.3 is 10.1 Å². The molecule has 0 radical (unpaired) electrons. The molecular formula is C15H12Cl2FNO2. The van der Waals surface area contributed by atoms with Crippen LogP contribution in [0.1, 0.15) is 6.92 Å². The minimum atomic E-state index is -0.762. The van der Waals surface area contributed by atoms with Crippen LogP contribution in [0.4, 0.5) is 10.1 Å². The van der Waals surface area contributed by atoms with Crippen molar-refractivity contribution < 1.29 is 13.9 Å². The SMILES string of the molecule is C[C@H](Oc1ccc(F)cc1)C(=O)Nc1ccc(Cl)cc1Cl. The Morgan fingerprint density at radius 3 is 2.48 bits per heavy atom. The zero-order valence-electron chi connectivity index (χ0n) is 11.1. The number of ether oxygens (including phenoxy) is 1. The summed E-state index contributed by atoms with van der Waals surface area (Å²) in [5, 5.41) is 3.46. The number of anilines is 1. The van der Waals surface area contributed by atoms with E-state index in [9.17, 15) is 9.18 Å². The minimum absolute atomic E-state index is 0.338. The maximum absolute atomic E-state index is 12.8. The molecular weight excluding hydrogens is 316 g/mol. The molecule has 110 valence electrons.